The smallest absolute Gasteiger partial charge is 0.146 e. The van der Waals surface area contributed by atoms with Crippen molar-refractivity contribution in [2.75, 3.05) is 11.9 Å². The van der Waals surface area contributed by atoms with Gasteiger partial charge in [0.25, 0.3) is 0 Å². The maximum absolute atomic E-state index is 9.22. The highest BCUT2D eigenvalue weighted by Crippen LogP contribution is 2.31. The molecule has 1 aromatic rings. The summed E-state index contributed by atoms with van der Waals surface area (Å²) in [5, 5.41) is 9.22. The van der Waals surface area contributed by atoms with Crippen molar-refractivity contribution in [3.05, 3.63) is 23.4 Å². The molecule has 1 aliphatic carbocycles. The van der Waals surface area contributed by atoms with E-state index >= 15 is 0 Å². The van der Waals surface area contributed by atoms with Gasteiger partial charge in [0.1, 0.15) is 11.9 Å². The Hall–Kier alpha value is -1.56. The van der Waals surface area contributed by atoms with Gasteiger partial charge in [-0.15, -0.1) is 0 Å². The predicted molar refractivity (Wildman–Crippen MR) is 78.1 cm³/mol. The molecule has 0 amide bonds. The summed E-state index contributed by atoms with van der Waals surface area (Å²) >= 11 is 0. The van der Waals surface area contributed by atoms with Gasteiger partial charge in [0.15, 0.2) is 0 Å². The van der Waals surface area contributed by atoms with Gasteiger partial charge in [-0.3, -0.25) is 0 Å². The molecule has 0 aromatic carbocycles. The van der Waals surface area contributed by atoms with Crippen LogP contribution in [0.5, 0.6) is 0 Å². The Labute approximate surface area is 116 Å². The number of nitrogens with zero attached hydrogens (tertiary/aromatic N) is 3. The second-order valence-corrected chi connectivity index (χ2v) is 5.63. The van der Waals surface area contributed by atoms with Gasteiger partial charge < -0.3 is 4.90 Å². The Kier molecular flexibility index (Phi) is 4.42. The lowest BCUT2D eigenvalue weighted by Crippen LogP contribution is -2.36. The maximum Gasteiger partial charge on any atom is 0.146 e. The van der Waals surface area contributed by atoms with Crippen LogP contribution in [0.2, 0.25) is 0 Å². The highest BCUT2D eigenvalue weighted by atomic mass is 15.2. The molecule has 1 aromatic heterocycles. The number of aromatic nitrogens is 1. The standard InChI is InChI=1S/C16H23N3/c1-4-13-6-9-15(10-7-13)19(3)16-14(11-17)8-5-12(2)18-16/h5,8,13,15H,4,6-7,9-10H2,1-3H3. The van der Waals surface area contributed by atoms with E-state index in [2.05, 4.69) is 29.9 Å². The average Bonchev–Trinajstić information content (AvgIpc) is 2.46. The molecule has 0 bridgehead atoms. The highest BCUT2D eigenvalue weighted by Gasteiger charge is 2.25. The SMILES string of the molecule is CCC1CCC(N(C)c2nc(C)ccc2C#N)CC1. The summed E-state index contributed by atoms with van der Waals surface area (Å²) in [5.74, 6) is 1.74. The van der Waals surface area contributed by atoms with Crippen molar-refractivity contribution in [1.29, 1.82) is 5.26 Å². The first-order valence-corrected chi connectivity index (χ1v) is 7.26. The van der Waals surface area contributed by atoms with Gasteiger partial charge in [0, 0.05) is 18.8 Å². The fourth-order valence-electron chi connectivity index (χ4n) is 3.01. The predicted octanol–water partition coefficient (Wildman–Crippen LogP) is 3.67. The van der Waals surface area contributed by atoms with Gasteiger partial charge >= 0.3 is 0 Å². The molecule has 0 atom stereocenters. The summed E-state index contributed by atoms with van der Waals surface area (Å²) < 4.78 is 0. The van der Waals surface area contributed by atoms with E-state index < -0.39 is 0 Å². The second-order valence-electron chi connectivity index (χ2n) is 5.63. The van der Waals surface area contributed by atoms with Crippen molar-refractivity contribution in [2.45, 2.75) is 52.0 Å². The van der Waals surface area contributed by atoms with Gasteiger partial charge in [-0.05, 0) is 50.7 Å². The molecule has 1 saturated carbocycles. The van der Waals surface area contributed by atoms with E-state index in [1.165, 1.54) is 32.1 Å². The number of aryl methyl sites for hydroxylation is 1. The zero-order valence-electron chi connectivity index (χ0n) is 12.2. The molecular formula is C16H23N3. The first-order chi connectivity index (χ1) is 9.15. The van der Waals surface area contributed by atoms with Crippen LogP contribution in [0.15, 0.2) is 12.1 Å². The van der Waals surface area contributed by atoms with E-state index in [4.69, 9.17) is 0 Å². The Balaban J connectivity index is 2.14. The zero-order valence-corrected chi connectivity index (χ0v) is 12.2. The molecule has 3 heteroatoms. The minimum Gasteiger partial charge on any atom is -0.356 e. The van der Waals surface area contributed by atoms with E-state index in [0.29, 0.717) is 11.6 Å². The zero-order chi connectivity index (χ0) is 13.8. The van der Waals surface area contributed by atoms with Crippen LogP contribution in [-0.4, -0.2) is 18.1 Å². The van der Waals surface area contributed by atoms with Crippen LogP contribution in [0.1, 0.15) is 50.3 Å². The molecule has 1 heterocycles. The molecule has 0 radical (unpaired) electrons. The Morgan fingerprint density at radius 1 is 1.32 bits per heavy atom. The fourth-order valence-corrected chi connectivity index (χ4v) is 3.01. The van der Waals surface area contributed by atoms with Crippen molar-refractivity contribution in [2.24, 2.45) is 5.92 Å². The first kappa shape index (κ1) is 13.9. The van der Waals surface area contributed by atoms with Crippen molar-refractivity contribution in [1.82, 2.24) is 4.98 Å². The highest BCUT2D eigenvalue weighted by molar-refractivity contribution is 5.54. The molecule has 0 N–H and O–H groups in total. The number of hydrogen-bond acceptors (Lipinski definition) is 3. The summed E-state index contributed by atoms with van der Waals surface area (Å²) in [7, 11) is 2.08. The van der Waals surface area contributed by atoms with Crippen molar-refractivity contribution < 1.29 is 0 Å². The summed E-state index contributed by atoms with van der Waals surface area (Å²) in [4.78, 5) is 6.78. The topological polar surface area (TPSA) is 39.9 Å². The van der Waals surface area contributed by atoms with Gasteiger partial charge in [-0.25, -0.2) is 4.98 Å². The number of anilines is 1. The van der Waals surface area contributed by atoms with Gasteiger partial charge in [0.2, 0.25) is 0 Å². The molecular weight excluding hydrogens is 234 g/mol. The van der Waals surface area contributed by atoms with Crippen LogP contribution in [0.3, 0.4) is 0 Å². The van der Waals surface area contributed by atoms with Crippen LogP contribution < -0.4 is 4.90 Å². The third kappa shape index (κ3) is 3.07. The third-order valence-electron chi connectivity index (χ3n) is 4.41. The maximum atomic E-state index is 9.22. The molecule has 0 aliphatic heterocycles. The minimum atomic E-state index is 0.532. The second kappa shape index (κ2) is 6.06. The molecule has 3 nitrogen and oxygen atoms in total. The number of hydrogen-bond donors (Lipinski definition) is 0. The molecule has 102 valence electrons. The minimum absolute atomic E-state index is 0.532. The average molecular weight is 257 g/mol. The summed E-state index contributed by atoms with van der Waals surface area (Å²) in [6, 6.07) is 6.58. The third-order valence-corrected chi connectivity index (χ3v) is 4.41. The van der Waals surface area contributed by atoms with Crippen molar-refractivity contribution in [3.63, 3.8) is 0 Å². The largest absolute Gasteiger partial charge is 0.356 e. The van der Waals surface area contributed by atoms with Crippen LogP contribution in [0.4, 0.5) is 5.82 Å². The molecule has 0 saturated heterocycles. The Morgan fingerprint density at radius 3 is 2.58 bits per heavy atom. The lowest BCUT2D eigenvalue weighted by atomic mass is 9.84. The van der Waals surface area contributed by atoms with E-state index in [1.807, 2.05) is 19.1 Å². The molecule has 0 unspecified atom stereocenters. The monoisotopic (exact) mass is 257 g/mol. The van der Waals surface area contributed by atoms with Crippen LogP contribution in [0, 0.1) is 24.2 Å². The van der Waals surface area contributed by atoms with Crippen molar-refractivity contribution in [3.8, 4) is 6.07 Å². The van der Waals surface area contributed by atoms with Crippen molar-refractivity contribution >= 4 is 5.82 Å². The quantitative estimate of drug-likeness (QED) is 0.829. The van der Waals surface area contributed by atoms with E-state index in [-0.39, 0.29) is 0 Å². The summed E-state index contributed by atoms with van der Waals surface area (Å²) in [6.07, 6.45) is 6.34. The molecule has 19 heavy (non-hydrogen) atoms. The molecule has 2 rings (SSSR count). The van der Waals surface area contributed by atoms with E-state index in [1.54, 1.807) is 0 Å². The van der Waals surface area contributed by atoms with E-state index in [0.717, 1.165) is 17.4 Å². The summed E-state index contributed by atoms with van der Waals surface area (Å²) in [5.41, 5.74) is 1.66. The summed E-state index contributed by atoms with van der Waals surface area (Å²) in [6.45, 7) is 4.26. The van der Waals surface area contributed by atoms with Gasteiger partial charge in [-0.2, -0.15) is 5.26 Å². The Morgan fingerprint density at radius 2 is 2.00 bits per heavy atom. The molecule has 1 fully saturated rings. The number of rotatable bonds is 3. The molecule has 0 spiro atoms. The van der Waals surface area contributed by atoms with Crippen LogP contribution in [-0.2, 0) is 0 Å². The Bertz CT molecular complexity index is 467. The van der Waals surface area contributed by atoms with Gasteiger partial charge in [0.05, 0.1) is 5.56 Å². The van der Waals surface area contributed by atoms with E-state index in [9.17, 15) is 5.26 Å². The lowest BCUT2D eigenvalue weighted by Gasteiger charge is -2.35. The van der Waals surface area contributed by atoms with Crippen LogP contribution in [0.25, 0.3) is 0 Å². The molecule has 1 aliphatic rings. The van der Waals surface area contributed by atoms with Gasteiger partial charge in [-0.1, -0.05) is 13.3 Å². The number of pyridine rings is 1. The number of nitriles is 1. The van der Waals surface area contributed by atoms with Crippen LogP contribution >= 0.6 is 0 Å². The normalized spacial score (nSPS) is 22.8. The lowest BCUT2D eigenvalue weighted by molar-refractivity contribution is 0.313. The first-order valence-electron chi connectivity index (χ1n) is 7.26. The fraction of sp³-hybridized carbons (Fsp3) is 0.625.